The van der Waals surface area contributed by atoms with E-state index in [0.29, 0.717) is 19.6 Å². The third-order valence-electron chi connectivity index (χ3n) is 4.40. The minimum atomic E-state index is -2.85. The molecule has 0 aliphatic carbocycles. The maximum Gasteiger partial charge on any atom is 0.152 e. The fourth-order valence-electron chi connectivity index (χ4n) is 3.21. The summed E-state index contributed by atoms with van der Waals surface area (Å²) < 4.78 is 28.8. The first kappa shape index (κ1) is 15.2. The molecule has 2 aliphatic rings. The molecular weight excluding hydrogens is 266 g/mol. The first-order valence-corrected chi connectivity index (χ1v) is 8.67. The van der Waals surface area contributed by atoms with Gasteiger partial charge in [-0.15, -0.1) is 0 Å². The zero-order chi connectivity index (χ0) is 14.5. The van der Waals surface area contributed by atoms with Crippen molar-refractivity contribution in [1.82, 2.24) is 4.90 Å². The van der Waals surface area contributed by atoms with E-state index in [1.807, 2.05) is 27.7 Å². The number of ether oxygens (including phenoxy) is 1. The smallest absolute Gasteiger partial charge is 0.152 e. The summed E-state index contributed by atoms with van der Waals surface area (Å²) in [6.45, 7) is 9.60. The molecule has 0 aromatic carbocycles. The van der Waals surface area contributed by atoms with Gasteiger partial charge in [-0.25, -0.2) is 8.42 Å². The standard InChI is InChI=1S/C13H25NO4S/c1-12(2)10(11(15)13(3,4)18-12)9-14-5-7-19(16,17)8-6-14/h10-11,15H,5-9H2,1-4H3. The minimum Gasteiger partial charge on any atom is -0.390 e. The van der Waals surface area contributed by atoms with Crippen molar-refractivity contribution in [2.24, 2.45) is 5.92 Å². The SMILES string of the molecule is CC1(C)OC(C)(C)C(CN2CCS(=O)(=O)CC2)C1O. The van der Waals surface area contributed by atoms with Gasteiger partial charge < -0.3 is 14.7 Å². The van der Waals surface area contributed by atoms with E-state index in [9.17, 15) is 13.5 Å². The highest BCUT2D eigenvalue weighted by Crippen LogP contribution is 2.42. The normalized spacial score (nSPS) is 37.3. The van der Waals surface area contributed by atoms with Crippen LogP contribution in [0.2, 0.25) is 0 Å². The summed E-state index contributed by atoms with van der Waals surface area (Å²) >= 11 is 0. The quantitative estimate of drug-likeness (QED) is 0.791. The molecule has 2 fully saturated rings. The van der Waals surface area contributed by atoms with Crippen LogP contribution in [0.15, 0.2) is 0 Å². The largest absolute Gasteiger partial charge is 0.390 e. The van der Waals surface area contributed by atoms with Crippen LogP contribution in [0, 0.1) is 5.92 Å². The van der Waals surface area contributed by atoms with Crippen LogP contribution in [0.25, 0.3) is 0 Å². The van der Waals surface area contributed by atoms with E-state index in [1.165, 1.54) is 0 Å². The summed E-state index contributed by atoms with van der Waals surface area (Å²) in [6.07, 6.45) is -0.527. The summed E-state index contributed by atoms with van der Waals surface area (Å²) in [5.41, 5.74) is -0.935. The second-order valence-corrected chi connectivity index (χ2v) is 9.12. The molecule has 2 unspecified atom stereocenters. The first-order chi connectivity index (χ1) is 8.54. The molecule has 2 saturated heterocycles. The van der Waals surface area contributed by atoms with E-state index >= 15 is 0 Å². The highest BCUT2D eigenvalue weighted by atomic mass is 32.2. The molecule has 2 atom stereocenters. The van der Waals surface area contributed by atoms with E-state index in [0.717, 1.165) is 0 Å². The average molecular weight is 291 g/mol. The van der Waals surface area contributed by atoms with Crippen molar-refractivity contribution in [2.75, 3.05) is 31.1 Å². The van der Waals surface area contributed by atoms with Crippen LogP contribution in [0.4, 0.5) is 0 Å². The third kappa shape index (κ3) is 3.12. The zero-order valence-corrected chi connectivity index (χ0v) is 13.0. The zero-order valence-electron chi connectivity index (χ0n) is 12.2. The van der Waals surface area contributed by atoms with Gasteiger partial charge >= 0.3 is 0 Å². The molecule has 0 spiro atoms. The summed E-state index contributed by atoms with van der Waals surface area (Å²) in [5, 5.41) is 10.4. The van der Waals surface area contributed by atoms with Gasteiger partial charge in [-0.2, -0.15) is 0 Å². The maximum absolute atomic E-state index is 11.4. The van der Waals surface area contributed by atoms with Gasteiger partial charge in [0.15, 0.2) is 9.84 Å². The topological polar surface area (TPSA) is 66.8 Å². The summed E-state index contributed by atoms with van der Waals surface area (Å²) in [5.74, 6) is 0.448. The van der Waals surface area contributed by atoms with Gasteiger partial charge in [-0.1, -0.05) is 0 Å². The van der Waals surface area contributed by atoms with Crippen molar-refractivity contribution >= 4 is 9.84 Å². The Morgan fingerprint density at radius 1 is 1.16 bits per heavy atom. The van der Waals surface area contributed by atoms with E-state index in [2.05, 4.69) is 4.90 Å². The predicted octanol–water partition coefficient (Wildman–Crippen LogP) is 0.281. The van der Waals surface area contributed by atoms with Crippen LogP contribution < -0.4 is 0 Å². The predicted molar refractivity (Wildman–Crippen MR) is 73.8 cm³/mol. The first-order valence-electron chi connectivity index (χ1n) is 6.84. The highest BCUT2D eigenvalue weighted by Gasteiger charge is 2.53. The maximum atomic E-state index is 11.4. The molecule has 6 heteroatoms. The molecule has 19 heavy (non-hydrogen) atoms. The second kappa shape index (κ2) is 4.69. The van der Waals surface area contributed by atoms with Crippen LogP contribution in [0.3, 0.4) is 0 Å². The van der Waals surface area contributed by atoms with Crippen molar-refractivity contribution in [3.8, 4) is 0 Å². The second-order valence-electron chi connectivity index (χ2n) is 6.81. The summed E-state index contributed by atoms with van der Waals surface area (Å²) in [6, 6.07) is 0. The van der Waals surface area contributed by atoms with Crippen LogP contribution in [-0.4, -0.2) is 66.9 Å². The molecule has 0 bridgehead atoms. The van der Waals surface area contributed by atoms with Gasteiger partial charge in [0.2, 0.25) is 0 Å². The molecule has 0 aromatic heterocycles. The van der Waals surface area contributed by atoms with E-state index in [-0.39, 0.29) is 23.0 Å². The molecule has 112 valence electrons. The Morgan fingerprint density at radius 3 is 2.11 bits per heavy atom. The molecule has 2 aliphatic heterocycles. The lowest BCUT2D eigenvalue weighted by Crippen LogP contribution is -2.48. The minimum absolute atomic E-state index is 0.00306. The molecule has 5 nitrogen and oxygen atoms in total. The number of rotatable bonds is 2. The fraction of sp³-hybridized carbons (Fsp3) is 1.00. The van der Waals surface area contributed by atoms with Crippen molar-refractivity contribution in [3.63, 3.8) is 0 Å². The van der Waals surface area contributed by atoms with E-state index < -0.39 is 21.5 Å². The summed E-state index contributed by atoms with van der Waals surface area (Å²) in [4.78, 5) is 2.13. The molecule has 2 heterocycles. The van der Waals surface area contributed by atoms with E-state index in [1.54, 1.807) is 0 Å². The van der Waals surface area contributed by atoms with Crippen molar-refractivity contribution in [2.45, 2.75) is 45.0 Å². The van der Waals surface area contributed by atoms with Gasteiger partial charge in [0.1, 0.15) is 0 Å². The lowest BCUT2D eigenvalue weighted by molar-refractivity contribution is -0.0913. The number of hydrogen-bond donors (Lipinski definition) is 1. The van der Waals surface area contributed by atoms with Gasteiger partial charge in [0.25, 0.3) is 0 Å². The highest BCUT2D eigenvalue weighted by molar-refractivity contribution is 7.91. The Morgan fingerprint density at radius 2 is 1.68 bits per heavy atom. The molecule has 2 rings (SSSR count). The van der Waals surface area contributed by atoms with Crippen LogP contribution in [0.1, 0.15) is 27.7 Å². The molecule has 0 radical (unpaired) electrons. The Bertz CT molecular complexity index is 430. The molecule has 0 aromatic rings. The Hall–Kier alpha value is -0.170. The average Bonchev–Trinajstić information content (AvgIpc) is 2.39. The van der Waals surface area contributed by atoms with Crippen LogP contribution in [0.5, 0.6) is 0 Å². The number of sulfone groups is 1. The van der Waals surface area contributed by atoms with Gasteiger partial charge in [0, 0.05) is 25.6 Å². The Balaban J connectivity index is 2.03. The van der Waals surface area contributed by atoms with Crippen LogP contribution >= 0.6 is 0 Å². The number of aliphatic hydroxyl groups excluding tert-OH is 1. The van der Waals surface area contributed by atoms with Crippen molar-refractivity contribution in [3.05, 3.63) is 0 Å². The number of hydrogen-bond acceptors (Lipinski definition) is 5. The molecular formula is C13H25NO4S. The Kier molecular flexibility index (Phi) is 3.75. The monoisotopic (exact) mass is 291 g/mol. The Labute approximate surface area is 115 Å². The van der Waals surface area contributed by atoms with Crippen LogP contribution in [-0.2, 0) is 14.6 Å². The van der Waals surface area contributed by atoms with Crippen molar-refractivity contribution < 1.29 is 18.3 Å². The third-order valence-corrected chi connectivity index (χ3v) is 6.01. The molecule has 1 N–H and O–H groups in total. The van der Waals surface area contributed by atoms with Gasteiger partial charge in [-0.3, -0.25) is 0 Å². The molecule has 0 saturated carbocycles. The number of nitrogens with zero attached hydrogens (tertiary/aromatic N) is 1. The van der Waals surface area contributed by atoms with Gasteiger partial charge in [-0.05, 0) is 27.7 Å². The molecule has 0 amide bonds. The van der Waals surface area contributed by atoms with Gasteiger partial charge in [0.05, 0.1) is 28.8 Å². The van der Waals surface area contributed by atoms with Crippen molar-refractivity contribution in [1.29, 1.82) is 0 Å². The lowest BCUT2D eigenvalue weighted by atomic mass is 9.84. The lowest BCUT2D eigenvalue weighted by Gasteiger charge is -2.34. The van der Waals surface area contributed by atoms with E-state index in [4.69, 9.17) is 4.74 Å². The summed E-state index contributed by atoms with van der Waals surface area (Å²) in [7, 11) is -2.85. The number of aliphatic hydroxyl groups is 1. The fourth-order valence-corrected chi connectivity index (χ4v) is 4.49.